The van der Waals surface area contributed by atoms with Gasteiger partial charge in [-0.15, -0.1) is 0 Å². The van der Waals surface area contributed by atoms with Crippen molar-refractivity contribution in [3.8, 4) is 0 Å². The van der Waals surface area contributed by atoms with Crippen LogP contribution in [0.1, 0.15) is 20.3 Å². The second-order valence-corrected chi connectivity index (χ2v) is 3.89. The van der Waals surface area contributed by atoms with Gasteiger partial charge in [0.25, 0.3) is 0 Å². The third kappa shape index (κ3) is 3.45. The lowest BCUT2D eigenvalue weighted by Crippen LogP contribution is -2.54. The fraction of sp³-hybridized carbons (Fsp3) is 0.667. The maximum absolute atomic E-state index is 11.1. The molecule has 2 rings (SSSR count). The van der Waals surface area contributed by atoms with E-state index < -0.39 is 18.2 Å². The fourth-order valence-corrected chi connectivity index (χ4v) is 1.86. The maximum atomic E-state index is 11.1. The highest BCUT2D eigenvalue weighted by Crippen LogP contribution is 2.36. The van der Waals surface area contributed by atoms with Crippen LogP contribution in [0.15, 0.2) is 11.8 Å². The van der Waals surface area contributed by atoms with Gasteiger partial charge in [0.05, 0.1) is 13.0 Å². The predicted octanol–water partition coefficient (Wildman–Crippen LogP) is -0.0528. The zero-order valence-electron chi connectivity index (χ0n) is 11.0. The first-order valence-electron chi connectivity index (χ1n) is 6.16. The van der Waals surface area contributed by atoms with Crippen LogP contribution < -0.4 is 0 Å². The van der Waals surface area contributed by atoms with Crippen LogP contribution in [0, 0.1) is 0 Å². The van der Waals surface area contributed by atoms with Gasteiger partial charge in [-0.05, 0) is 19.9 Å². The molecule has 19 heavy (non-hydrogen) atoms. The van der Waals surface area contributed by atoms with Gasteiger partial charge in [0.1, 0.15) is 5.76 Å². The van der Waals surface area contributed by atoms with Crippen molar-refractivity contribution < 1.29 is 29.3 Å². The highest BCUT2D eigenvalue weighted by atomic mass is 16.5. The van der Waals surface area contributed by atoms with Gasteiger partial charge in [0, 0.05) is 13.2 Å². The molecule has 0 aromatic heterocycles. The Morgan fingerprint density at radius 3 is 2.53 bits per heavy atom. The van der Waals surface area contributed by atoms with Crippen molar-refractivity contribution in [2.45, 2.75) is 32.5 Å². The molecule has 2 aliphatic heterocycles. The molecule has 0 radical (unpaired) electrons. The van der Waals surface area contributed by atoms with Crippen molar-refractivity contribution in [1.82, 2.24) is 4.90 Å². The molecular formula is C12H19NO6. The summed E-state index contributed by atoms with van der Waals surface area (Å²) in [5.41, 5.74) is 0. The lowest BCUT2D eigenvalue weighted by Gasteiger charge is -2.33. The molecule has 0 saturated carbocycles. The van der Waals surface area contributed by atoms with Crippen LogP contribution >= 0.6 is 0 Å². The molecular weight excluding hydrogens is 254 g/mol. The van der Waals surface area contributed by atoms with E-state index in [2.05, 4.69) is 0 Å². The van der Waals surface area contributed by atoms with Crippen molar-refractivity contribution in [2.24, 2.45) is 0 Å². The molecule has 0 aliphatic carbocycles. The number of carboxylic acids is 1. The van der Waals surface area contributed by atoms with Gasteiger partial charge in [0.2, 0.25) is 5.91 Å². The van der Waals surface area contributed by atoms with E-state index in [0.717, 1.165) is 13.2 Å². The largest absolute Gasteiger partial charge is 0.479 e. The number of aliphatic carboxylic acids is 1. The quantitative estimate of drug-likeness (QED) is 0.697. The van der Waals surface area contributed by atoms with E-state index in [1.165, 1.54) is 11.0 Å². The number of carbonyl (C=O) groups excluding carboxylic acids is 1. The Balaban J connectivity index is 0.000000312. The minimum absolute atomic E-state index is 0.149. The zero-order chi connectivity index (χ0) is 14.4. The number of aliphatic hydroxyl groups is 1. The molecule has 2 aliphatic rings. The molecule has 2 atom stereocenters. The van der Waals surface area contributed by atoms with E-state index in [1.807, 2.05) is 13.8 Å². The number of amides is 1. The molecule has 0 spiro atoms. The van der Waals surface area contributed by atoms with Crippen LogP contribution in [0.3, 0.4) is 0 Å². The molecule has 7 heteroatoms. The van der Waals surface area contributed by atoms with Crippen LogP contribution in [-0.4, -0.2) is 59.1 Å². The first-order chi connectivity index (χ1) is 9.06. The zero-order valence-corrected chi connectivity index (χ0v) is 11.0. The normalized spacial score (nSPS) is 26.2. The maximum Gasteiger partial charge on any atom is 0.334 e. The van der Waals surface area contributed by atoms with Gasteiger partial charge in [-0.3, -0.25) is 9.69 Å². The second kappa shape index (κ2) is 7.10. The monoisotopic (exact) mass is 273 g/mol. The number of hydrogen-bond donors (Lipinski definition) is 2. The summed E-state index contributed by atoms with van der Waals surface area (Å²) >= 11 is 0. The van der Waals surface area contributed by atoms with Gasteiger partial charge in [-0.25, -0.2) is 4.79 Å². The number of β-lactam (4-membered cyclic amide) rings is 1. The van der Waals surface area contributed by atoms with Gasteiger partial charge in [-0.1, -0.05) is 0 Å². The first kappa shape index (κ1) is 15.5. The van der Waals surface area contributed by atoms with Crippen LogP contribution in [0.25, 0.3) is 0 Å². The molecule has 108 valence electrons. The number of hydrogen-bond acceptors (Lipinski definition) is 5. The Hall–Kier alpha value is -1.60. The van der Waals surface area contributed by atoms with E-state index >= 15 is 0 Å². The SMILES string of the molecule is CCOCC.O=C(O)[C@H]1/C(=C/CO)O[C@@H]2CC(=O)N21. The first-order valence-corrected chi connectivity index (χ1v) is 6.16. The van der Waals surface area contributed by atoms with E-state index in [-0.39, 0.29) is 24.7 Å². The lowest BCUT2D eigenvalue weighted by atomic mass is 10.1. The van der Waals surface area contributed by atoms with Gasteiger partial charge < -0.3 is 19.7 Å². The van der Waals surface area contributed by atoms with Crippen molar-refractivity contribution in [2.75, 3.05) is 19.8 Å². The van der Waals surface area contributed by atoms with Crippen molar-refractivity contribution in [1.29, 1.82) is 0 Å². The van der Waals surface area contributed by atoms with E-state index in [9.17, 15) is 9.59 Å². The van der Waals surface area contributed by atoms with Crippen molar-refractivity contribution in [3.63, 3.8) is 0 Å². The minimum atomic E-state index is -1.14. The second-order valence-electron chi connectivity index (χ2n) is 3.89. The summed E-state index contributed by atoms with van der Waals surface area (Å²) in [5, 5.41) is 17.5. The third-order valence-electron chi connectivity index (χ3n) is 2.70. The van der Waals surface area contributed by atoms with Crippen LogP contribution in [-0.2, 0) is 19.1 Å². The molecule has 0 bridgehead atoms. The van der Waals surface area contributed by atoms with E-state index in [0.29, 0.717) is 0 Å². The van der Waals surface area contributed by atoms with Crippen LogP contribution in [0.4, 0.5) is 0 Å². The summed E-state index contributed by atoms with van der Waals surface area (Å²) in [5.74, 6) is -1.22. The topological polar surface area (TPSA) is 96.3 Å². The molecule has 2 saturated heterocycles. The van der Waals surface area contributed by atoms with E-state index in [1.54, 1.807) is 0 Å². The summed E-state index contributed by atoms with van der Waals surface area (Å²) in [6.45, 7) is 5.37. The number of aliphatic hydroxyl groups excluding tert-OH is 1. The molecule has 0 unspecified atom stereocenters. The molecule has 2 fully saturated rings. The number of ether oxygens (including phenoxy) is 2. The number of fused-ring (bicyclic) bond motifs is 1. The highest BCUT2D eigenvalue weighted by molar-refractivity contribution is 5.91. The number of carbonyl (C=O) groups is 2. The summed E-state index contributed by atoms with van der Waals surface area (Å²) in [4.78, 5) is 23.1. The third-order valence-corrected chi connectivity index (χ3v) is 2.70. The smallest absolute Gasteiger partial charge is 0.334 e. The van der Waals surface area contributed by atoms with Gasteiger partial charge >= 0.3 is 5.97 Å². The predicted molar refractivity (Wildman–Crippen MR) is 65.1 cm³/mol. The van der Waals surface area contributed by atoms with Crippen molar-refractivity contribution >= 4 is 11.9 Å². The van der Waals surface area contributed by atoms with Gasteiger partial charge in [-0.2, -0.15) is 0 Å². The average molecular weight is 273 g/mol. The number of nitrogens with zero attached hydrogens (tertiary/aromatic N) is 1. The fourth-order valence-electron chi connectivity index (χ4n) is 1.86. The van der Waals surface area contributed by atoms with Gasteiger partial charge in [0.15, 0.2) is 12.3 Å². The van der Waals surface area contributed by atoms with Crippen LogP contribution in [0.2, 0.25) is 0 Å². The Bertz CT molecular complexity index is 365. The van der Waals surface area contributed by atoms with E-state index in [4.69, 9.17) is 19.7 Å². The summed E-state index contributed by atoms with van der Waals surface area (Å²) in [7, 11) is 0. The van der Waals surface area contributed by atoms with Crippen LogP contribution in [0.5, 0.6) is 0 Å². The lowest BCUT2D eigenvalue weighted by molar-refractivity contribution is -0.163. The molecule has 0 aromatic rings. The molecule has 1 amide bonds. The average Bonchev–Trinajstić information content (AvgIpc) is 2.64. The number of rotatable bonds is 4. The minimum Gasteiger partial charge on any atom is -0.479 e. The highest BCUT2D eigenvalue weighted by Gasteiger charge is 2.53. The Morgan fingerprint density at radius 1 is 1.53 bits per heavy atom. The molecule has 0 aromatic carbocycles. The summed E-state index contributed by atoms with van der Waals surface area (Å²) in [6, 6.07) is -1.06. The molecule has 7 nitrogen and oxygen atoms in total. The number of carboxylic acid groups (broad SMARTS) is 1. The Labute approximate surface area is 111 Å². The van der Waals surface area contributed by atoms with Crippen molar-refractivity contribution in [3.05, 3.63) is 11.8 Å². The summed E-state index contributed by atoms with van der Waals surface area (Å²) < 4.78 is 10.0. The Kier molecular flexibility index (Phi) is 5.78. The standard InChI is InChI=1S/C8H9NO5.C4H10O/c10-2-1-4-7(8(12)13)9-5(11)3-6(9)14-4;1-3-5-4-2/h1,6-7,10H,2-3H2,(H,12,13);3-4H2,1-2H3/b4-1-;/t6-,7-;/m1./s1. The molecule has 2 heterocycles. The summed E-state index contributed by atoms with van der Waals surface area (Å²) in [6.07, 6.45) is 1.03. The Morgan fingerprint density at radius 2 is 2.16 bits per heavy atom. The molecule has 2 N–H and O–H groups in total.